The number of aryl methyl sites for hydroxylation is 1. The smallest absolute Gasteiger partial charge is 0.252 e. The minimum absolute atomic E-state index is 0.00803. The molecule has 3 nitrogen and oxygen atoms in total. The van der Waals surface area contributed by atoms with Gasteiger partial charge in [-0.1, -0.05) is 25.3 Å². The summed E-state index contributed by atoms with van der Waals surface area (Å²) in [6.07, 6.45) is 6.14. The molecule has 0 aliphatic heterocycles. The Kier molecular flexibility index (Phi) is 5.44. The van der Waals surface area contributed by atoms with Crippen molar-refractivity contribution in [3.05, 3.63) is 33.8 Å². The molecule has 0 saturated heterocycles. The number of nitrogens with zero attached hydrogens (tertiary/aromatic N) is 1. The van der Waals surface area contributed by atoms with Crippen LogP contribution < -0.4 is 5.32 Å². The van der Waals surface area contributed by atoms with Crippen molar-refractivity contribution in [2.75, 3.05) is 20.6 Å². The van der Waals surface area contributed by atoms with Gasteiger partial charge in [0.2, 0.25) is 0 Å². The van der Waals surface area contributed by atoms with Gasteiger partial charge in [-0.3, -0.25) is 4.79 Å². The van der Waals surface area contributed by atoms with E-state index in [2.05, 4.69) is 40.2 Å². The third kappa shape index (κ3) is 3.86. The molecule has 116 valence electrons. The van der Waals surface area contributed by atoms with E-state index in [9.17, 15) is 4.79 Å². The molecule has 0 radical (unpaired) electrons. The largest absolute Gasteiger partial charge is 0.350 e. The summed E-state index contributed by atoms with van der Waals surface area (Å²) in [6, 6.07) is 5.84. The van der Waals surface area contributed by atoms with E-state index in [4.69, 9.17) is 0 Å². The van der Waals surface area contributed by atoms with Gasteiger partial charge in [-0.15, -0.1) is 0 Å². The van der Waals surface area contributed by atoms with Crippen LogP contribution in [0.1, 0.15) is 48.0 Å². The number of rotatable bonds is 4. The predicted octanol–water partition coefficient (Wildman–Crippen LogP) is 3.75. The van der Waals surface area contributed by atoms with Gasteiger partial charge in [0.25, 0.3) is 5.91 Å². The fourth-order valence-corrected chi connectivity index (χ4v) is 3.81. The van der Waals surface area contributed by atoms with Crippen LogP contribution in [0.25, 0.3) is 0 Å². The normalized spacial score (nSPS) is 17.8. The summed E-state index contributed by atoms with van der Waals surface area (Å²) in [5.41, 5.74) is 1.98. The average molecular weight is 353 g/mol. The number of hydrogen-bond acceptors (Lipinski definition) is 2. The lowest BCUT2D eigenvalue weighted by Gasteiger charge is -2.43. The molecule has 1 amide bonds. The summed E-state index contributed by atoms with van der Waals surface area (Å²) < 4.78 is 0.863. The number of benzene rings is 1. The summed E-state index contributed by atoms with van der Waals surface area (Å²) in [7, 11) is 4.25. The van der Waals surface area contributed by atoms with Gasteiger partial charge in [0.05, 0.1) is 5.56 Å². The van der Waals surface area contributed by atoms with E-state index in [1.807, 2.05) is 25.1 Å². The van der Waals surface area contributed by atoms with E-state index in [0.717, 1.165) is 29.4 Å². The van der Waals surface area contributed by atoms with Crippen molar-refractivity contribution in [3.63, 3.8) is 0 Å². The predicted molar refractivity (Wildman–Crippen MR) is 90.7 cm³/mol. The van der Waals surface area contributed by atoms with E-state index in [1.54, 1.807) is 0 Å². The molecule has 1 aliphatic carbocycles. The lowest BCUT2D eigenvalue weighted by Crippen LogP contribution is -2.53. The standard InChI is InChI=1S/C17H25BrN2O/c1-13-7-8-14(15(18)11-13)16(21)19-12-17(20(2)3)9-5-4-6-10-17/h7-8,11H,4-6,9-10,12H2,1-3H3,(H,19,21). The second-order valence-corrected chi connectivity index (χ2v) is 7.20. The molecule has 1 fully saturated rings. The number of amides is 1. The van der Waals surface area contributed by atoms with Crippen LogP contribution in [0.2, 0.25) is 0 Å². The van der Waals surface area contributed by atoms with Crippen molar-refractivity contribution in [3.8, 4) is 0 Å². The van der Waals surface area contributed by atoms with Gasteiger partial charge in [0.1, 0.15) is 0 Å². The van der Waals surface area contributed by atoms with Crippen molar-refractivity contribution in [2.24, 2.45) is 0 Å². The Morgan fingerprint density at radius 2 is 1.95 bits per heavy atom. The highest BCUT2D eigenvalue weighted by Gasteiger charge is 2.34. The van der Waals surface area contributed by atoms with Gasteiger partial charge >= 0.3 is 0 Å². The quantitative estimate of drug-likeness (QED) is 0.894. The van der Waals surface area contributed by atoms with Gasteiger partial charge in [0, 0.05) is 16.6 Å². The van der Waals surface area contributed by atoms with Crippen molar-refractivity contribution in [2.45, 2.75) is 44.6 Å². The summed E-state index contributed by atoms with van der Waals surface area (Å²) in [4.78, 5) is 14.7. The Morgan fingerprint density at radius 3 is 2.52 bits per heavy atom. The monoisotopic (exact) mass is 352 g/mol. The molecule has 1 N–H and O–H groups in total. The van der Waals surface area contributed by atoms with Crippen LogP contribution in [0.15, 0.2) is 22.7 Å². The summed E-state index contributed by atoms with van der Waals surface area (Å²) >= 11 is 3.48. The second kappa shape index (κ2) is 6.93. The Labute approximate surface area is 136 Å². The van der Waals surface area contributed by atoms with E-state index in [0.29, 0.717) is 5.56 Å². The van der Waals surface area contributed by atoms with Crippen molar-refractivity contribution < 1.29 is 4.79 Å². The Morgan fingerprint density at radius 1 is 1.29 bits per heavy atom. The zero-order valence-electron chi connectivity index (χ0n) is 13.2. The molecule has 1 aromatic rings. The highest BCUT2D eigenvalue weighted by Crippen LogP contribution is 2.31. The third-order valence-corrected chi connectivity index (χ3v) is 5.34. The van der Waals surface area contributed by atoms with Gasteiger partial charge in [0.15, 0.2) is 0 Å². The lowest BCUT2D eigenvalue weighted by atomic mass is 9.80. The van der Waals surface area contributed by atoms with Gasteiger partial charge in [-0.2, -0.15) is 0 Å². The first-order valence-electron chi connectivity index (χ1n) is 7.66. The molecule has 0 spiro atoms. The summed E-state index contributed by atoms with van der Waals surface area (Å²) in [6.45, 7) is 2.74. The molecule has 0 unspecified atom stereocenters. The molecule has 0 heterocycles. The Hall–Kier alpha value is -0.870. The number of nitrogens with one attached hydrogen (secondary N) is 1. The first-order valence-corrected chi connectivity index (χ1v) is 8.46. The van der Waals surface area contributed by atoms with E-state index >= 15 is 0 Å². The topological polar surface area (TPSA) is 32.3 Å². The van der Waals surface area contributed by atoms with Crippen LogP contribution in [-0.2, 0) is 0 Å². The van der Waals surface area contributed by atoms with Crippen molar-refractivity contribution in [1.82, 2.24) is 10.2 Å². The molecule has 2 rings (SSSR count). The number of likely N-dealkylation sites (N-methyl/N-ethyl adjacent to an activating group) is 1. The van der Waals surface area contributed by atoms with Crippen LogP contribution in [0.5, 0.6) is 0 Å². The van der Waals surface area contributed by atoms with Crippen LogP contribution >= 0.6 is 15.9 Å². The first-order chi connectivity index (χ1) is 9.94. The fraction of sp³-hybridized carbons (Fsp3) is 0.588. The first kappa shape index (κ1) is 16.5. The minimum atomic E-state index is 0.00803. The molecule has 0 atom stereocenters. The summed E-state index contributed by atoms with van der Waals surface area (Å²) in [5, 5.41) is 3.14. The molecule has 0 bridgehead atoms. The molecular weight excluding hydrogens is 328 g/mol. The average Bonchev–Trinajstić information content (AvgIpc) is 2.45. The zero-order valence-corrected chi connectivity index (χ0v) is 14.8. The molecule has 4 heteroatoms. The second-order valence-electron chi connectivity index (χ2n) is 6.35. The van der Waals surface area contributed by atoms with Crippen LogP contribution in [0, 0.1) is 6.92 Å². The van der Waals surface area contributed by atoms with Gasteiger partial charge in [-0.05, 0) is 67.5 Å². The van der Waals surface area contributed by atoms with Gasteiger partial charge in [-0.25, -0.2) is 0 Å². The maximum absolute atomic E-state index is 12.4. The molecule has 1 aromatic carbocycles. The Balaban J connectivity index is 2.05. The SMILES string of the molecule is Cc1ccc(C(=O)NCC2(N(C)C)CCCCC2)c(Br)c1. The molecule has 21 heavy (non-hydrogen) atoms. The number of halogens is 1. The minimum Gasteiger partial charge on any atom is -0.350 e. The van der Waals surface area contributed by atoms with E-state index in [1.165, 1.54) is 19.3 Å². The van der Waals surface area contributed by atoms with Crippen LogP contribution in [-0.4, -0.2) is 37.0 Å². The maximum atomic E-state index is 12.4. The highest BCUT2D eigenvalue weighted by atomic mass is 79.9. The van der Waals surface area contributed by atoms with E-state index in [-0.39, 0.29) is 11.4 Å². The van der Waals surface area contributed by atoms with Crippen molar-refractivity contribution in [1.29, 1.82) is 0 Å². The summed E-state index contributed by atoms with van der Waals surface area (Å²) in [5.74, 6) is 0.00803. The van der Waals surface area contributed by atoms with Gasteiger partial charge < -0.3 is 10.2 Å². The molecular formula is C17H25BrN2O. The third-order valence-electron chi connectivity index (χ3n) is 4.68. The molecule has 1 aliphatic rings. The molecule has 1 saturated carbocycles. The van der Waals surface area contributed by atoms with Crippen molar-refractivity contribution >= 4 is 21.8 Å². The highest BCUT2D eigenvalue weighted by molar-refractivity contribution is 9.10. The van der Waals surface area contributed by atoms with Crippen LogP contribution in [0.4, 0.5) is 0 Å². The Bertz CT molecular complexity index is 508. The lowest BCUT2D eigenvalue weighted by molar-refractivity contribution is 0.0799. The zero-order chi connectivity index (χ0) is 15.5. The fourth-order valence-electron chi connectivity index (χ4n) is 3.14. The van der Waals surface area contributed by atoms with E-state index < -0.39 is 0 Å². The molecule has 0 aromatic heterocycles. The van der Waals surface area contributed by atoms with Crippen LogP contribution in [0.3, 0.4) is 0 Å². The number of hydrogen-bond donors (Lipinski definition) is 1. The maximum Gasteiger partial charge on any atom is 0.252 e. The number of carbonyl (C=O) groups is 1. The number of carbonyl (C=O) groups excluding carboxylic acids is 1.